The Kier molecular flexibility index (Phi) is 3.43. The lowest BCUT2D eigenvalue weighted by Gasteiger charge is -2.02. The summed E-state index contributed by atoms with van der Waals surface area (Å²) in [5, 5.41) is 0.617. The molecule has 0 radical (unpaired) electrons. The Balaban J connectivity index is 2.99. The maximum Gasteiger partial charge on any atom is 0.137 e. The average Bonchev–Trinajstić information content (AvgIpc) is 2.04. The van der Waals surface area contributed by atoms with Crippen LogP contribution in [0.5, 0.6) is 5.75 Å². The van der Waals surface area contributed by atoms with E-state index in [4.69, 9.17) is 16.3 Å². The molecule has 1 aromatic carbocycles. The fourth-order valence-corrected chi connectivity index (χ4v) is 1.67. The van der Waals surface area contributed by atoms with E-state index in [1.165, 1.54) is 10.8 Å². The van der Waals surface area contributed by atoms with E-state index >= 15 is 0 Å². The van der Waals surface area contributed by atoms with Crippen LogP contribution in [0.3, 0.4) is 0 Å². The van der Waals surface area contributed by atoms with Crippen LogP contribution in [0.2, 0.25) is 5.02 Å². The fourth-order valence-electron chi connectivity index (χ4n) is 0.704. The van der Waals surface area contributed by atoms with Gasteiger partial charge in [0.15, 0.2) is 0 Å². The third-order valence-corrected chi connectivity index (χ3v) is 2.62. The van der Waals surface area contributed by atoms with Gasteiger partial charge in [-0.3, -0.25) is 0 Å². The van der Waals surface area contributed by atoms with Crippen molar-refractivity contribution >= 4 is 34.1 Å². The average molecular weight is 207 g/mol. The summed E-state index contributed by atoms with van der Waals surface area (Å²) >= 11 is 9.87. The minimum absolute atomic E-state index is 0.617. The van der Waals surface area contributed by atoms with Crippen molar-refractivity contribution in [1.82, 2.24) is 0 Å². The second-order valence-corrected chi connectivity index (χ2v) is 3.50. The van der Waals surface area contributed by atoms with Gasteiger partial charge in [0.1, 0.15) is 5.75 Å². The zero-order valence-corrected chi connectivity index (χ0v) is 8.34. The first-order valence-corrected chi connectivity index (χ1v) is 5.17. The van der Waals surface area contributed by atoms with Gasteiger partial charge >= 0.3 is 0 Å². The molecule has 1 nitrogen and oxygen atoms in total. The molecule has 0 aliphatic heterocycles. The molecule has 60 valence electrons. The molecule has 0 bridgehead atoms. The Morgan fingerprint density at radius 1 is 1.55 bits per heavy atom. The predicted molar refractivity (Wildman–Crippen MR) is 52.8 cm³/mol. The molecule has 11 heavy (non-hydrogen) atoms. The molecule has 0 aliphatic carbocycles. The highest BCUT2D eigenvalue weighted by Gasteiger charge is 1.99. The van der Waals surface area contributed by atoms with E-state index in [0.29, 0.717) is 10.8 Å². The van der Waals surface area contributed by atoms with Crippen LogP contribution in [-0.4, -0.2) is 7.11 Å². The number of thiol groups is 1. The van der Waals surface area contributed by atoms with Crippen molar-refractivity contribution in [2.45, 2.75) is 4.90 Å². The first-order chi connectivity index (χ1) is 5.27. The summed E-state index contributed by atoms with van der Waals surface area (Å²) in [7, 11) is 2.95. The van der Waals surface area contributed by atoms with E-state index < -0.39 is 0 Å². The lowest BCUT2D eigenvalue weighted by molar-refractivity contribution is 0.414. The number of hydrogen-bond acceptors (Lipinski definition) is 3. The molecule has 4 heteroatoms. The van der Waals surface area contributed by atoms with E-state index in [1.54, 1.807) is 7.11 Å². The first-order valence-electron chi connectivity index (χ1n) is 2.93. The summed E-state index contributed by atoms with van der Waals surface area (Å²) < 4.78 is 4.98. The third kappa shape index (κ3) is 2.22. The molecule has 0 heterocycles. The number of hydrogen-bond donors (Lipinski definition) is 1. The number of rotatable bonds is 2. The topological polar surface area (TPSA) is 9.23 Å². The number of methoxy groups -OCH3 is 1. The second-order valence-electron chi connectivity index (χ2n) is 1.89. The molecule has 0 aromatic heterocycles. The quantitative estimate of drug-likeness (QED) is 0.588. The minimum atomic E-state index is 0.617. The van der Waals surface area contributed by atoms with Crippen molar-refractivity contribution in [3.05, 3.63) is 23.2 Å². The van der Waals surface area contributed by atoms with Crippen molar-refractivity contribution < 1.29 is 4.74 Å². The molecule has 0 unspecified atom stereocenters. The van der Waals surface area contributed by atoms with E-state index in [9.17, 15) is 0 Å². The predicted octanol–water partition coefficient (Wildman–Crippen LogP) is 3.29. The summed E-state index contributed by atoms with van der Waals surface area (Å²) in [6.45, 7) is 0. The van der Waals surface area contributed by atoms with Crippen LogP contribution in [0.25, 0.3) is 0 Å². The van der Waals surface area contributed by atoms with Crippen LogP contribution in [0.4, 0.5) is 0 Å². The molecule has 0 saturated carbocycles. The summed E-state index contributed by atoms with van der Waals surface area (Å²) in [5.41, 5.74) is 0. The maximum absolute atomic E-state index is 5.84. The van der Waals surface area contributed by atoms with Crippen LogP contribution < -0.4 is 4.74 Å². The summed E-state index contributed by atoms with van der Waals surface area (Å²) in [5.74, 6) is 0.692. The van der Waals surface area contributed by atoms with E-state index in [2.05, 4.69) is 11.7 Å². The number of benzene rings is 1. The molecule has 1 rings (SSSR count). The zero-order chi connectivity index (χ0) is 8.27. The van der Waals surface area contributed by atoms with Crippen LogP contribution in [-0.2, 0) is 0 Å². The highest BCUT2D eigenvalue weighted by Crippen LogP contribution is 2.30. The van der Waals surface area contributed by atoms with Crippen LogP contribution in [0.15, 0.2) is 23.1 Å². The van der Waals surface area contributed by atoms with Crippen molar-refractivity contribution in [2.24, 2.45) is 0 Å². The van der Waals surface area contributed by atoms with Gasteiger partial charge in [-0.25, -0.2) is 0 Å². The molecule has 0 spiro atoms. The highest BCUT2D eigenvalue weighted by atomic mass is 35.5. The lowest BCUT2D eigenvalue weighted by atomic mass is 10.3. The number of ether oxygens (including phenoxy) is 1. The Bertz CT molecular complexity index is 252. The molecular formula is C7H7ClOS2. The summed E-state index contributed by atoms with van der Waals surface area (Å²) in [4.78, 5) is 1.01. The molecule has 0 saturated heterocycles. The van der Waals surface area contributed by atoms with Gasteiger partial charge in [0.25, 0.3) is 0 Å². The van der Waals surface area contributed by atoms with Crippen molar-refractivity contribution in [2.75, 3.05) is 7.11 Å². The molecule has 0 amide bonds. The Labute approximate surface area is 79.9 Å². The van der Waals surface area contributed by atoms with Crippen LogP contribution in [0.1, 0.15) is 0 Å². The Hall–Kier alpha value is 0.01000. The summed E-state index contributed by atoms with van der Waals surface area (Å²) in [6.07, 6.45) is 0. The SMILES string of the molecule is COc1ccc(SS)cc1Cl. The highest BCUT2D eigenvalue weighted by molar-refractivity contribution is 8.68. The second kappa shape index (κ2) is 4.14. The van der Waals surface area contributed by atoms with E-state index in [1.807, 2.05) is 18.2 Å². The fraction of sp³-hybridized carbons (Fsp3) is 0.143. The number of halogens is 1. The lowest BCUT2D eigenvalue weighted by Crippen LogP contribution is -1.82. The Morgan fingerprint density at radius 3 is 2.73 bits per heavy atom. The van der Waals surface area contributed by atoms with Crippen molar-refractivity contribution in [1.29, 1.82) is 0 Å². The van der Waals surface area contributed by atoms with Crippen LogP contribution >= 0.6 is 34.1 Å². The molecule has 0 N–H and O–H groups in total. The Morgan fingerprint density at radius 2 is 2.27 bits per heavy atom. The summed E-state index contributed by atoms with van der Waals surface area (Å²) in [6, 6.07) is 5.54. The van der Waals surface area contributed by atoms with E-state index in [0.717, 1.165) is 4.90 Å². The van der Waals surface area contributed by atoms with Gasteiger partial charge in [0.2, 0.25) is 0 Å². The molecular weight excluding hydrogens is 200 g/mol. The van der Waals surface area contributed by atoms with Gasteiger partial charge in [0, 0.05) is 4.90 Å². The molecule has 1 aromatic rings. The van der Waals surface area contributed by atoms with Gasteiger partial charge in [0.05, 0.1) is 12.1 Å². The molecule has 0 aliphatic rings. The van der Waals surface area contributed by atoms with Gasteiger partial charge in [-0.05, 0) is 18.2 Å². The van der Waals surface area contributed by atoms with Crippen LogP contribution in [0, 0.1) is 0 Å². The minimum Gasteiger partial charge on any atom is -0.495 e. The smallest absolute Gasteiger partial charge is 0.137 e. The first kappa shape index (κ1) is 9.10. The zero-order valence-electron chi connectivity index (χ0n) is 5.87. The van der Waals surface area contributed by atoms with Crippen molar-refractivity contribution in [3.8, 4) is 5.75 Å². The van der Waals surface area contributed by atoms with Gasteiger partial charge < -0.3 is 4.74 Å². The monoisotopic (exact) mass is 206 g/mol. The van der Waals surface area contributed by atoms with Gasteiger partial charge in [-0.15, -0.1) is 11.7 Å². The standard InChI is InChI=1S/C7H7ClOS2/c1-9-7-3-2-5(11-10)4-6(7)8/h2-4,10H,1H3. The maximum atomic E-state index is 5.84. The van der Waals surface area contributed by atoms with Gasteiger partial charge in [-0.2, -0.15) is 0 Å². The largest absolute Gasteiger partial charge is 0.495 e. The molecule has 0 fully saturated rings. The van der Waals surface area contributed by atoms with E-state index in [-0.39, 0.29) is 0 Å². The van der Waals surface area contributed by atoms with Gasteiger partial charge in [-0.1, -0.05) is 22.4 Å². The van der Waals surface area contributed by atoms with Crippen molar-refractivity contribution in [3.63, 3.8) is 0 Å². The molecule has 0 atom stereocenters. The normalized spacial score (nSPS) is 9.73. The third-order valence-electron chi connectivity index (χ3n) is 1.23.